The van der Waals surface area contributed by atoms with Crippen LogP contribution in [0, 0.1) is 0 Å². The number of benzene rings is 2. The summed E-state index contributed by atoms with van der Waals surface area (Å²) in [5.74, 6) is 0.761. The van der Waals surface area contributed by atoms with Gasteiger partial charge in [-0.15, -0.1) is 11.3 Å². The predicted octanol–water partition coefficient (Wildman–Crippen LogP) is 4.52. The van der Waals surface area contributed by atoms with Gasteiger partial charge in [-0.1, -0.05) is 37.3 Å². The molecule has 0 aliphatic carbocycles. The Morgan fingerprint density at radius 1 is 1.03 bits per heavy atom. The second-order valence-electron chi connectivity index (χ2n) is 9.47. The van der Waals surface area contributed by atoms with Crippen molar-refractivity contribution in [3.63, 3.8) is 0 Å². The van der Waals surface area contributed by atoms with E-state index in [0.717, 1.165) is 68.9 Å². The summed E-state index contributed by atoms with van der Waals surface area (Å²) in [5, 5.41) is 16.2. The third kappa shape index (κ3) is 5.95. The highest BCUT2D eigenvalue weighted by atomic mass is 32.1. The summed E-state index contributed by atoms with van der Waals surface area (Å²) < 4.78 is 9.52. The van der Waals surface area contributed by atoms with E-state index >= 15 is 0 Å². The van der Waals surface area contributed by atoms with Crippen molar-refractivity contribution in [3.8, 4) is 16.9 Å². The number of piperazine rings is 1. The van der Waals surface area contributed by atoms with Gasteiger partial charge in [-0.3, -0.25) is 14.5 Å². The smallest absolute Gasteiger partial charge is 0.178 e. The zero-order chi connectivity index (χ0) is 24.9. The van der Waals surface area contributed by atoms with Crippen LogP contribution in [0.15, 0.2) is 60.9 Å². The molecule has 4 aromatic rings. The van der Waals surface area contributed by atoms with Gasteiger partial charge in [-0.25, -0.2) is 4.98 Å². The Balaban J connectivity index is 1.14. The molecule has 1 unspecified atom stereocenters. The quantitative estimate of drug-likeness (QED) is 0.342. The molecule has 8 heteroatoms. The van der Waals surface area contributed by atoms with E-state index in [-0.39, 0.29) is 6.23 Å². The molecule has 1 aliphatic heterocycles. The predicted molar refractivity (Wildman–Crippen MR) is 145 cm³/mol. The van der Waals surface area contributed by atoms with E-state index in [1.807, 2.05) is 29.1 Å². The van der Waals surface area contributed by atoms with E-state index in [1.54, 1.807) is 18.3 Å². The zero-order valence-electron chi connectivity index (χ0n) is 21.1. The molecule has 2 aromatic carbocycles. The van der Waals surface area contributed by atoms with Gasteiger partial charge < -0.3 is 9.84 Å². The molecule has 1 N–H and O–H groups in total. The van der Waals surface area contributed by atoms with E-state index in [0.29, 0.717) is 0 Å². The molecule has 2 atom stereocenters. The minimum absolute atomic E-state index is 0.377. The highest BCUT2D eigenvalue weighted by molar-refractivity contribution is 7.18. The Hall–Kier alpha value is -2.78. The molecule has 36 heavy (non-hydrogen) atoms. The molecule has 0 amide bonds. The van der Waals surface area contributed by atoms with Crippen molar-refractivity contribution in [2.24, 2.45) is 0 Å². The molecule has 0 saturated carbocycles. The first-order valence-corrected chi connectivity index (χ1v) is 13.7. The molecule has 1 aliphatic rings. The first kappa shape index (κ1) is 24.9. The van der Waals surface area contributed by atoms with Crippen molar-refractivity contribution >= 4 is 21.6 Å². The lowest BCUT2D eigenvalue weighted by atomic mass is 10.1. The van der Waals surface area contributed by atoms with Crippen LogP contribution in [-0.4, -0.2) is 74.7 Å². The van der Waals surface area contributed by atoms with Gasteiger partial charge in [-0.2, -0.15) is 5.10 Å². The van der Waals surface area contributed by atoms with Gasteiger partial charge >= 0.3 is 0 Å². The van der Waals surface area contributed by atoms with E-state index in [4.69, 9.17) is 9.72 Å². The fourth-order valence-corrected chi connectivity index (χ4v) is 5.77. The Bertz CT molecular complexity index is 1250. The molecule has 7 nitrogen and oxygen atoms in total. The van der Waals surface area contributed by atoms with Crippen LogP contribution >= 0.6 is 11.3 Å². The van der Waals surface area contributed by atoms with Gasteiger partial charge in [0.1, 0.15) is 11.9 Å². The van der Waals surface area contributed by atoms with Crippen molar-refractivity contribution in [1.82, 2.24) is 24.6 Å². The third-order valence-corrected chi connectivity index (χ3v) is 7.79. The molecule has 190 valence electrons. The highest BCUT2D eigenvalue weighted by Gasteiger charge is 2.28. The van der Waals surface area contributed by atoms with Gasteiger partial charge in [0.15, 0.2) is 6.23 Å². The maximum atomic E-state index is 10.5. The van der Waals surface area contributed by atoms with Crippen LogP contribution < -0.4 is 4.74 Å². The minimum atomic E-state index is -0.598. The SMILES string of the molecule is CCCc1nc2cc(OC([C@@H](C)O)N3CCN(CCn4cc(-c5ccccc5)cn4)CC3)ccc2s1. The number of hydrogen-bond donors (Lipinski definition) is 1. The standard InChI is InChI=1S/C28H35N5O2S/c1-3-7-27-30-25-18-24(10-11-26(25)36-27)35-28(21(2)34)32-15-12-31(13-16-32)14-17-33-20-23(19-29-33)22-8-5-4-6-9-22/h4-6,8-11,18-21,28,34H,3,7,12-17H2,1-2H3/t21-,28?/m1/s1. The summed E-state index contributed by atoms with van der Waals surface area (Å²) in [7, 11) is 0. The number of nitrogens with zero attached hydrogens (tertiary/aromatic N) is 5. The second kappa shape index (κ2) is 11.5. The summed E-state index contributed by atoms with van der Waals surface area (Å²) in [6, 6.07) is 16.4. The second-order valence-corrected chi connectivity index (χ2v) is 10.6. The van der Waals surface area contributed by atoms with Crippen molar-refractivity contribution < 1.29 is 9.84 Å². The average Bonchev–Trinajstić information content (AvgIpc) is 3.53. The maximum absolute atomic E-state index is 10.5. The molecule has 2 aromatic heterocycles. The molecular weight excluding hydrogens is 470 g/mol. The Morgan fingerprint density at radius 3 is 2.58 bits per heavy atom. The largest absolute Gasteiger partial charge is 0.472 e. The van der Waals surface area contributed by atoms with Crippen LogP contribution in [0.5, 0.6) is 5.75 Å². The number of aryl methyl sites for hydroxylation is 1. The molecule has 0 spiro atoms. The average molecular weight is 506 g/mol. The summed E-state index contributed by atoms with van der Waals surface area (Å²) in [6.45, 7) is 9.36. The fourth-order valence-electron chi connectivity index (χ4n) is 4.72. The number of aromatic nitrogens is 3. The van der Waals surface area contributed by atoms with E-state index in [9.17, 15) is 5.11 Å². The van der Waals surface area contributed by atoms with Gasteiger partial charge in [0.25, 0.3) is 0 Å². The van der Waals surface area contributed by atoms with E-state index in [2.05, 4.69) is 58.4 Å². The monoisotopic (exact) mass is 505 g/mol. The van der Waals surface area contributed by atoms with Crippen LogP contribution in [0.1, 0.15) is 25.3 Å². The number of aliphatic hydroxyl groups is 1. The lowest BCUT2D eigenvalue weighted by Crippen LogP contribution is -2.55. The van der Waals surface area contributed by atoms with E-state index in [1.165, 1.54) is 15.3 Å². The normalized spacial score (nSPS) is 16.9. The fraction of sp³-hybridized carbons (Fsp3) is 0.429. The maximum Gasteiger partial charge on any atom is 0.178 e. The Labute approximate surface area is 216 Å². The molecule has 0 bridgehead atoms. The summed E-state index contributed by atoms with van der Waals surface area (Å²) in [5.41, 5.74) is 3.32. The molecule has 1 saturated heterocycles. The highest BCUT2D eigenvalue weighted by Crippen LogP contribution is 2.28. The number of rotatable bonds is 10. The summed E-state index contributed by atoms with van der Waals surface area (Å²) in [6.07, 6.45) is 5.18. The lowest BCUT2D eigenvalue weighted by Gasteiger charge is -2.40. The van der Waals surface area contributed by atoms with Gasteiger partial charge in [0, 0.05) is 50.6 Å². The minimum Gasteiger partial charge on any atom is -0.472 e. The van der Waals surface area contributed by atoms with Gasteiger partial charge in [0.2, 0.25) is 0 Å². The number of fused-ring (bicyclic) bond motifs is 1. The van der Waals surface area contributed by atoms with Gasteiger partial charge in [0.05, 0.1) is 28.0 Å². The van der Waals surface area contributed by atoms with Crippen molar-refractivity contribution in [2.45, 2.75) is 45.6 Å². The van der Waals surface area contributed by atoms with Crippen molar-refractivity contribution in [2.75, 3.05) is 32.7 Å². The van der Waals surface area contributed by atoms with E-state index < -0.39 is 6.10 Å². The van der Waals surface area contributed by atoms with Gasteiger partial charge in [-0.05, 0) is 37.5 Å². The van der Waals surface area contributed by atoms with Crippen LogP contribution in [0.25, 0.3) is 21.3 Å². The summed E-state index contributed by atoms with van der Waals surface area (Å²) >= 11 is 1.75. The molecule has 5 rings (SSSR count). The Morgan fingerprint density at radius 2 is 1.83 bits per heavy atom. The molecule has 0 radical (unpaired) electrons. The molecule has 1 fully saturated rings. The topological polar surface area (TPSA) is 66.7 Å². The van der Waals surface area contributed by atoms with Crippen molar-refractivity contribution in [1.29, 1.82) is 0 Å². The van der Waals surface area contributed by atoms with Crippen molar-refractivity contribution in [3.05, 3.63) is 65.9 Å². The molecular formula is C28H35N5O2S. The van der Waals surface area contributed by atoms with Crippen LogP contribution in [0.4, 0.5) is 0 Å². The Kier molecular flexibility index (Phi) is 7.96. The first-order chi connectivity index (χ1) is 17.6. The number of hydrogen-bond acceptors (Lipinski definition) is 7. The number of ether oxygens (including phenoxy) is 1. The third-order valence-electron chi connectivity index (χ3n) is 6.69. The van der Waals surface area contributed by atoms with Crippen LogP contribution in [0.3, 0.4) is 0 Å². The molecule has 3 heterocycles. The lowest BCUT2D eigenvalue weighted by molar-refractivity contribution is -0.0746. The summed E-state index contributed by atoms with van der Waals surface area (Å²) in [4.78, 5) is 9.45. The first-order valence-electron chi connectivity index (χ1n) is 12.9. The number of thiazole rings is 1. The van der Waals surface area contributed by atoms with Crippen LogP contribution in [-0.2, 0) is 13.0 Å². The zero-order valence-corrected chi connectivity index (χ0v) is 21.9. The van der Waals surface area contributed by atoms with Crippen LogP contribution in [0.2, 0.25) is 0 Å². The number of aliphatic hydroxyl groups excluding tert-OH is 1.